The number of H-pyrrole nitrogens is 1. The van der Waals surface area contributed by atoms with Gasteiger partial charge in [-0.2, -0.15) is 0 Å². The second-order valence-electron chi connectivity index (χ2n) is 2.19. The van der Waals surface area contributed by atoms with Crippen LogP contribution in [0.25, 0.3) is 0 Å². The predicted octanol–water partition coefficient (Wildman–Crippen LogP) is -1.11. The van der Waals surface area contributed by atoms with E-state index in [2.05, 4.69) is 4.98 Å². The molecule has 0 unspecified atom stereocenters. The van der Waals surface area contributed by atoms with Gasteiger partial charge in [0.05, 0.1) is 5.75 Å². The maximum Gasteiger partial charge on any atom is 0.287 e. The molecule has 1 aromatic rings. The van der Waals surface area contributed by atoms with Gasteiger partial charge in [0.25, 0.3) is 5.56 Å². The van der Waals surface area contributed by atoms with Crippen molar-refractivity contribution in [1.82, 2.24) is 4.98 Å². The Labute approximate surface area is 63.9 Å². The van der Waals surface area contributed by atoms with Crippen molar-refractivity contribution in [3.63, 3.8) is 0 Å². The second kappa shape index (κ2) is 2.34. The largest absolute Gasteiger partial charge is 0.551 e. The zero-order valence-corrected chi connectivity index (χ0v) is 5.88. The Morgan fingerprint density at radius 1 is 1.36 bits per heavy atom. The molecule has 11 heavy (non-hydrogen) atoms. The summed E-state index contributed by atoms with van der Waals surface area (Å²) in [5.74, 6) is -0.793. The molecule has 4 nitrogen and oxygen atoms in total. The Kier molecular flexibility index (Phi) is 1.64. The lowest BCUT2D eigenvalue weighted by Crippen LogP contribution is -2.20. The third kappa shape index (κ3) is 1.09. The van der Waals surface area contributed by atoms with E-state index in [9.17, 15) is 4.79 Å². The lowest BCUT2D eigenvalue weighted by molar-refractivity contribution is 0.438. The number of hydrogen-bond acceptors (Lipinski definition) is 3. The molecule has 0 spiro atoms. The van der Waals surface area contributed by atoms with Crippen molar-refractivity contribution in [1.29, 1.82) is 0 Å². The number of aromatic hydroxyl groups is 2. The molecule has 1 rings (SSSR count). The molecule has 3 N–H and O–H groups in total. The molecule has 0 amide bonds. The summed E-state index contributed by atoms with van der Waals surface area (Å²) in [6.07, 6.45) is 0. The highest BCUT2D eigenvalue weighted by Gasteiger charge is 2.03. The highest BCUT2D eigenvalue weighted by atomic mass is 16.3. The van der Waals surface area contributed by atoms with Gasteiger partial charge in [-0.25, -0.2) is 5.59 Å². The van der Waals surface area contributed by atoms with E-state index < -0.39 is 11.3 Å². The zero-order chi connectivity index (χ0) is 8.59. The summed E-state index contributed by atoms with van der Waals surface area (Å²) in [6.45, 7) is 1.40. The number of nitrogens with one attached hydrogen (secondary N) is 1. The molecule has 0 aliphatic rings. The summed E-state index contributed by atoms with van der Waals surface area (Å²) in [6, 6.07) is 0. The fourth-order valence-corrected chi connectivity index (χ4v) is 0.725. The SMILES string of the molecule is [B-]c1[nH]c(=O)c(O)c(C)c1O. The van der Waals surface area contributed by atoms with E-state index in [-0.39, 0.29) is 16.9 Å². The number of pyridine rings is 1. The number of rotatable bonds is 0. The Bertz CT molecular complexity index is 344. The average Bonchev–Trinajstić information content (AvgIpc) is 1.97. The van der Waals surface area contributed by atoms with Crippen LogP contribution in [0.4, 0.5) is 0 Å². The summed E-state index contributed by atoms with van der Waals surface area (Å²) in [4.78, 5) is 12.8. The minimum absolute atomic E-state index is 0.0891. The van der Waals surface area contributed by atoms with Gasteiger partial charge in [-0.15, -0.1) is 0 Å². The maximum atomic E-state index is 10.7. The van der Waals surface area contributed by atoms with Gasteiger partial charge in [0.2, 0.25) is 0 Å². The minimum atomic E-state index is -0.696. The van der Waals surface area contributed by atoms with Crippen LogP contribution in [-0.2, 0) is 0 Å². The van der Waals surface area contributed by atoms with E-state index in [4.69, 9.17) is 18.1 Å². The van der Waals surface area contributed by atoms with Gasteiger partial charge in [-0.05, 0) is 6.92 Å². The molecule has 0 saturated carbocycles. The van der Waals surface area contributed by atoms with Crippen molar-refractivity contribution >= 4 is 13.4 Å². The van der Waals surface area contributed by atoms with Crippen LogP contribution >= 0.6 is 0 Å². The Hall–Kier alpha value is -1.39. The maximum absolute atomic E-state index is 10.7. The molecule has 0 saturated heterocycles. The van der Waals surface area contributed by atoms with Crippen LogP contribution in [0, 0.1) is 6.92 Å². The summed E-state index contributed by atoms with van der Waals surface area (Å²) in [7, 11) is 5.17. The summed E-state index contributed by atoms with van der Waals surface area (Å²) < 4.78 is 0. The van der Waals surface area contributed by atoms with Crippen LogP contribution < -0.4 is 11.2 Å². The highest BCUT2D eigenvalue weighted by molar-refractivity contribution is 6.32. The third-order valence-corrected chi connectivity index (χ3v) is 1.43. The summed E-state index contributed by atoms with van der Waals surface area (Å²) >= 11 is 0. The number of aromatic nitrogens is 1. The van der Waals surface area contributed by atoms with Gasteiger partial charge in [0, 0.05) is 5.56 Å². The van der Waals surface area contributed by atoms with Gasteiger partial charge in [0.1, 0.15) is 0 Å². The molecule has 1 heterocycles. The normalized spacial score (nSPS) is 10.0. The van der Waals surface area contributed by atoms with Crippen LogP contribution in [0.3, 0.4) is 0 Å². The van der Waals surface area contributed by atoms with E-state index in [1.165, 1.54) is 6.92 Å². The quantitative estimate of drug-likeness (QED) is 0.411. The highest BCUT2D eigenvalue weighted by Crippen LogP contribution is 2.16. The Balaban J connectivity index is 3.59. The fraction of sp³-hybridized carbons (Fsp3) is 0.167. The van der Waals surface area contributed by atoms with E-state index >= 15 is 0 Å². The molecule has 0 bridgehead atoms. The molecule has 1 aromatic heterocycles. The zero-order valence-electron chi connectivity index (χ0n) is 5.88. The van der Waals surface area contributed by atoms with Crippen molar-refractivity contribution in [3.8, 4) is 11.5 Å². The van der Waals surface area contributed by atoms with Gasteiger partial charge in [-0.1, -0.05) is 0 Å². The molecule has 57 valence electrons. The van der Waals surface area contributed by atoms with E-state index in [0.717, 1.165) is 0 Å². The molecule has 0 atom stereocenters. The van der Waals surface area contributed by atoms with Crippen LogP contribution in [0.2, 0.25) is 0 Å². The molecule has 0 aromatic carbocycles. The van der Waals surface area contributed by atoms with Crippen molar-refractivity contribution < 1.29 is 10.2 Å². The van der Waals surface area contributed by atoms with E-state index in [1.807, 2.05) is 0 Å². The van der Waals surface area contributed by atoms with Crippen molar-refractivity contribution in [3.05, 3.63) is 15.9 Å². The Morgan fingerprint density at radius 3 is 2.45 bits per heavy atom. The smallest absolute Gasteiger partial charge is 0.287 e. The molecular weight excluding hydrogens is 145 g/mol. The minimum Gasteiger partial charge on any atom is -0.551 e. The summed E-state index contributed by atoms with van der Waals surface area (Å²) in [5, 5.41) is 18.0. The van der Waals surface area contributed by atoms with Gasteiger partial charge in [-0.3, -0.25) is 4.79 Å². The van der Waals surface area contributed by atoms with Crippen LogP contribution in [0.1, 0.15) is 5.56 Å². The first-order valence-corrected chi connectivity index (χ1v) is 2.94. The fourth-order valence-electron chi connectivity index (χ4n) is 0.725. The first-order valence-electron chi connectivity index (χ1n) is 2.94. The van der Waals surface area contributed by atoms with Gasteiger partial charge < -0.3 is 23.0 Å². The van der Waals surface area contributed by atoms with Crippen LogP contribution in [0.15, 0.2) is 4.79 Å². The van der Waals surface area contributed by atoms with Gasteiger partial charge in [0.15, 0.2) is 5.75 Å². The van der Waals surface area contributed by atoms with Crippen LogP contribution in [0.5, 0.6) is 11.5 Å². The third-order valence-electron chi connectivity index (χ3n) is 1.43. The average molecular weight is 151 g/mol. The number of aromatic amines is 1. The second-order valence-corrected chi connectivity index (χ2v) is 2.19. The Morgan fingerprint density at radius 2 is 1.91 bits per heavy atom. The lowest BCUT2D eigenvalue weighted by atomic mass is 10.0. The van der Waals surface area contributed by atoms with Crippen molar-refractivity contribution in [2.45, 2.75) is 6.92 Å². The molecule has 0 aliphatic carbocycles. The van der Waals surface area contributed by atoms with Crippen LogP contribution in [-0.4, -0.2) is 23.0 Å². The van der Waals surface area contributed by atoms with E-state index in [0.29, 0.717) is 0 Å². The molecule has 3 radical (unpaired) electrons. The van der Waals surface area contributed by atoms with Gasteiger partial charge >= 0.3 is 0 Å². The topological polar surface area (TPSA) is 73.3 Å². The molecule has 0 fully saturated rings. The molecule has 0 aliphatic heterocycles. The van der Waals surface area contributed by atoms with Crippen molar-refractivity contribution in [2.24, 2.45) is 0 Å². The molecule has 5 heteroatoms. The van der Waals surface area contributed by atoms with Crippen molar-refractivity contribution in [2.75, 3.05) is 0 Å². The lowest BCUT2D eigenvalue weighted by Gasteiger charge is -2.12. The predicted molar refractivity (Wildman–Crippen MR) is 40.5 cm³/mol. The molecular formula is C6H6BNO3-. The monoisotopic (exact) mass is 151 g/mol. The summed E-state index contributed by atoms with van der Waals surface area (Å²) in [5.41, 5.74) is -0.741. The standard InChI is InChI=1S/C6H6BNO3/c1-2-3(9)5(7)8-6(11)4(2)10/h9-10H,1H3,(H,8,11)/q-1. The van der Waals surface area contributed by atoms with E-state index in [1.54, 1.807) is 0 Å². The first kappa shape index (κ1) is 7.72. The first-order chi connectivity index (χ1) is 5.04. The number of hydrogen-bond donors (Lipinski definition) is 3.